The van der Waals surface area contributed by atoms with Crippen LogP contribution in [0.2, 0.25) is 0 Å². The molecule has 162 valence electrons. The van der Waals surface area contributed by atoms with E-state index >= 15 is 0 Å². The molecule has 2 aromatic rings. The van der Waals surface area contributed by atoms with Gasteiger partial charge in [0, 0.05) is 17.7 Å². The van der Waals surface area contributed by atoms with Crippen LogP contribution in [0.4, 0.5) is 22.0 Å². The van der Waals surface area contributed by atoms with E-state index in [2.05, 4.69) is 15.0 Å². The molecule has 1 aromatic heterocycles. The molecule has 1 aliphatic carbocycles. The van der Waals surface area contributed by atoms with E-state index < -0.39 is 47.9 Å². The number of pyridine rings is 1. The van der Waals surface area contributed by atoms with Gasteiger partial charge in [-0.25, -0.2) is 13.8 Å². The van der Waals surface area contributed by atoms with Gasteiger partial charge in [0.05, 0.1) is 23.3 Å². The Kier molecular flexibility index (Phi) is 5.72. The van der Waals surface area contributed by atoms with Gasteiger partial charge >= 0.3 is 6.18 Å². The van der Waals surface area contributed by atoms with Crippen molar-refractivity contribution in [2.45, 2.75) is 43.5 Å². The summed E-state index contributed by atoms with van der Waals surface area (Å²) >= 11 is 0. The zero-order chi connectivity index (χ0) is 22.2. The van der Waals surface area contributed by atoms with Gasteiger partial charge in [-0.15, -0.1) is 0 Å². The molecule has 0 aliphatic heterocycles. The minimum atomic E-state index is -4.51. The maximum absolute atomic E-state index is 14.0. The van der Waals surface area contributed by atoms with Crippen molar-refractivity contribution >= 4 is 5.91 Å². The number of aliphatic hydroxyl groups is 1. The normalized spacial score (nSPS) is 17.2. The van der Waals surface area contributed by atoms with Gasteiger partial charge in [-0.2, -0.15) is 13.2 Å². The van der Waals surface area contributed by atoms with Crippen molar-refractivity contribution < 1.29 is 36.6 Å². The van der Waals surface area contributed by atoms with Gasteiger partial charge in [0.25, 0.3) is 0 Å². The summed E-state index contributed by atoms with van der Waals surface area (Å²) in [7, 11) is 0. The summed E-state index contributed by atoms with van der Waals surface area (Å²) in [6.07, 6.45) is -4.05. The number of carbonyl (C=O) groups is 1. The highest BCUT2D eigenvalue weighted by atomic mass is 19.4. The second-order valence-electron chi connectivity index (χ2n) is 7.47. The molecule has 1 heterocycles. The Bertz CT molecular complexity index is 942. The first-order valence-corrected chi connectivity index (χ1v) is 9.06. The SMILES string of the molecule is C[C@@](O)(CC(=O)NC1(c2cccc(OCC(F)(F)F)n2)CC1)c1ccc(F)cc1F. The number of nitrogens with zero attached hydrogens (tertiary/aromatic N) is 1. The first-order chi connectivity index (χ1) is 13.9. The maximum atomic E-state index is 14.0. The summed E-state index contributed by atoms with van der Waals surface area (Å²) in [5.41, 5.74) is -2.71. The lowest BCUT2D eigenvalue weighted by atomic mass is 9.91. The lowest BCUT2D eigenvalue weighted by Crippen LogP contribution is -2.39. The fourth-order valence-electron chi connectivity index (χ4n) is 3.13. The number of halogens is 5. The van der Waals surface area contributed by atoms with Gasteiger partial charge in [-0.3, -0.25) is 4.79 Å². The summed E-state index contributed by atoms with van der Waals surface area (Å²) in [4.78, 5) is 16.5. The van der Waals surface area contributed by atoms with Gasteiger partial charge in [0.15, 0.2) is 6.61 Å². The van der Waals surface area contributed by atoms with Gasteiger partial charge in [-0.05, 0) is 31.9 Å². The zero-order valence-electron chi connectivity index (χ0n) is 15.9. The van der Waals surface area contributed by atoms with Crippen LogP contribution in [0.1, 0.15) is 37.4 Å². The Balaban J connectivity index is 1.69. The predicted molar refractivity (Wildman–Crippen MR) is 95.4 cm³/mol. The quantitative estimate of drug-likeness (QED) is 0.658. The Morgan fingerprint density at radius 3 is 2.53 bits per heavy atom. The molecule has 1 aromatic carbocycles. The molecular weight excluding hydrogens is 411 g/mol. The second-order valence-corrected chi connectivity index (χ2v) is 7.47. The zero-order valence-corrected chi connectivity index (χ0v) is 15.9. The summed E-state index contributed by atoms with van der Waals surface area (Å²) in [6, 6.07) is 6.93. The molecule has 0 spiro atoms. The molecule has 1 aliphatic rings. The third-order valence-corrected chi connectivity index (χ3v) is 4.74. The molecule has 0 saturated heterocycles. The Morgan fingerprint density at radius 2 is 1.93 bits per heavy atom. The largest absolute Gasteiger partial charge is 0.468 e. The number of alkyl halides is 3. The van der Waals surface area contributed by atoms with Crippen LogP contribution < -0.4 is 10.1 Å². The van der Waals surface area contributed by atoms with E-state index in [0.29, 0.717) is 24.6 Å². The number of benzene rings is 1. The predicted octanol–water partition coefficient (Wildman–Crippen LogP) is 3.70. The van der Waals surface area contributed by atoms with E-state index in [1.807, 2.05) is 0 Å². The fourth-order valence-corrected chi connectivity index (χ4v) is 3.13. The van der Waals surface area contributed by atoms with Crippen molar-refractivity contribution in [1.29, 1.82) is 0 Å². The van der Waals surface area contributed by atoms with Crippen LogP contribution in [-0.2, 0) is 15.9 Å². The lowest BCUT2D eigenvalue weighted by Gasteiger charge is -2.25. The molecular formula is C20H19F5N2O3. The monoisotopic (exact) mass is 430 g/mol. The van der Waals surface area contributed by atoms with Gasteiger partial charge < -0.3 is 15.2 Å². The van der Waals surface area contributed by atoms with Crippen molar-refractivity contribution in [3.63, 3.8) is 0 Å². The molecule has 1 fully saturated rings. The highest BCUT2D eigenvalue weighted by Gasteiger charge is 2.48. The number of carbonyl (C=O) groups excluding carboxylic acids is 1. The third kappa shape index (κ3) is 5.24. The minimum absolute atomic E-state index is 0.231. The summed E-state index contributed by atoms with van der Waals surface area (Å²) in [5, 5.41) is 13.2. The minimum Gasteiger partial charge on any atom is -0.468 e. The Morgan fingerprint density at radius 1 is 1.23 bits per heavy atom. The average molecular weight is 430 g/mol. The second kappa shape index (κ2) is 7.82. The molecule has 5 nitrogen and oxygen atoms in total. The fraction of sp³-hybridized carbons (Fsp3) is 0.400. The van der Waals surface area contributed by atoms with Crippen molar-refractivity contribution in [2.75, 3.05) is 6.61 Å². The molecule has 3 rings (SSSR count). The molecule has 30 heavy (non-hydrogen) atoms. The maximum Gasteiger partial charge on any atom is 0.422 e. The number of ether oxygens (including phenoxy) is 1. The first-order valence-electron chi connectivity index (χ1n) is 9.06. The van der Waals surface area contributed by atoms with E-state index in [-0.39, 0.29) is 11.4 Å². The van der Waals surface area contributed by atoms with Gasteiger partial charge in [0.1, 0.15) is 11.6 Å². The number of rotatable bonds is 7. The standard InChI is InChI=1S/C20H19F5N2O3/c1-18(29,13-6-5-12(21)9-14(13)22)10-16(28)27-19(7-8-19)15-3-2-4-17(26-15)30-11-20(23,24)25/h2-6,9,29H,7-8,10-11H2,1H3,(H,27,28)/t18-/m1/s1. The van der Waals surface area contributed by atoms with Crippen LogP contribution in [0.5, 0.6) is 5.88 Å². The highest BCUT2D eigenvalue weighted by molar-refractivity contribution is 5.78. The summed E-state index contributed by atoms with van der Waals surface area (Å²) in [5.74, 6) is -2.65. The van der Waals surface area contributed by atoms with Crippen LogP contribution in [0, 0.1) is 11.6 Å². The van der Waals surface area contributed by atoms with Gasteiger partial charge in [-0.1, -0.05) is 12.1 Å². The number of nitrogens with one attached hydrogen (secondary N) is 1. The van der Waals surface area contributed by atoms with Crippen LogP contribution in [-0.4, -0.2) is 28.8 Å². The molecule has 1 saturated carbocycles. The Hall–Kier alpha value is -2.75. The van der Waals surface area contributed by atoms with Gasteiger partial charge in [0.2, 0.25) is 11.8 Å². The van der Waals surface area contributed by atoms with Crippen molar-refractivity contribution in [1.82, 2.24) is 10.3 Å². The molecule has 0 unspecified atom stereocenters. The van der Waals surface area contributed by atoms with Crippen molar-refractivity contribution in [3.8, 4) is 5.88 Å². The molecule has 2 N–H and O–H groups in total. The smallest absolute Gasteiger partial charge is 0.422 e. The summed E-state index contributed by atoms with van der Waals surface area (Å²) in [6.45, 7) is -0.263. The molecule has 1 amide bonds. The van der Waals surface area contributed by atoms with Crippen molar-refractivity contribution in [2.24, 2.45) is 0 Å². The van der Waals surface area contributed by atoms with E-state index in [4.69, 9.17) is 0 Å². The number of aromatic nitrogens is 1. The molecule has 10 heteroatoms. The van der Waals surface area contributed by atoms with Crippen molar-refractivity contribution in [3.05, 3.63) is 59.3 Å². The third-order valence-electron chi connectivity index (χ3n) is 4.74. The van der Waals surface area contributed by atoms with Crippen LogP contribution >= 0.6 is 0 Å². The van der Waals surface area contributed by atoms with E-state index in [1.54, 1.807) is 6.07 Å². The highest BCUT2D eigenvalue weighted by Crippen LogP contribution is 2.45. The number of hydrogen-bond donors (Lipinski definition) is 2. The topological polar surface area (TPSA) is 71.5 Å². The number of hydrogen-bond acceptors (Lipinski definition) is 4. The summed E-state index contributed by atoms with van der Waals surface area (Å²) < 4.78 is 68.7. The van der Waals surface area contributed by atoms with Crippen LogP contribution in [0.15, 0.2) is 36.4 Å². The number of amides is 1. The van der Waals surface area contributed by atoms with E-state index in [1.165, 1.54) is 19.1 Å². The average Bonchev–Trinajstić information content (AvgIpc) is 3.39. The first kappa shape index (κ1) is 21.9. The lowest BCUT2D eigenvalue weighted by molar-refractivity contribution is -0.154. The van der Waals surface area contributed by atoms with E-state index in [0.717, 1.165) is 12.1 Å². The van der Waals surface area contributed by atoms with E-state index in [9.17, 15) is 31.9 Å². The molecule has 0 radical (unpaired) electrons. The Labute approximate surface area is 168 Å². The molecule has 0 bridgehead atoms. The molecule has 1 atom stereocenters. The van der Waals surface area contributed by atoms with Crippen LogP contribution in [0.3, 0.4) is 0 Å². The van der Waals surface area contributed by atoms with Crippen LogP contribution in [0.25, 0.3) is 0 Å².